The van der Waals surface area contributed by atoms with Crippen LogP contribution in [0.2, 0.25) is 0 Å². The highest BCUT2D eigenvalue weighted by Gasteiger charge is 2.49. The monoisotopic (exact) mass is 782 g/mol. The Hall–Kier alpha value is -6.09. The average molecular weight is 783 g/mol. The van der Waals surface area contributed by atoms with Crippen LogP contribution >= 0.6 is 0 Å². The Kier molecular flexibility index (Phi) is 12.1. The van der Waals surface area contributed by atoms with E-state index < -0.39 is 23.0 Å². The molecule has 2 aromatic carbocycles. The summed E-state index contributed by atoms with van der Waals surface area (Å²) in [5.74, 6) is 1.82. The number of rotatable bonds is 13. The molecule has 1 spiro atoms. The fraction of sp³-hybridized carbons (Fsp3) is 0.405. The number of carbonyl (C=O) groups excluding carboxylic acids is 3. The van der Waals surface area contributed by atoms with E-state index in [1.165, 1.54) is 6.08 Å². The van der Waals surface area contributed by atoms with Crippen LogP contribution in [0.1, 0.15) is 55.2 Å². The van der Waals surface area contributed by atoms with Crippen LogP contribution in [0.25, 0.3) is 22.8 Å². The molecule has 0 radical (unpaired) electrons. The lowest BCUT2D eigenvalue weighted by atomic mass is 9.73. The number of benzene rings is 2. The van der Waals surface area contributed by atoms with Gasteiger partial charge in [0, 0.05) is 61.7 Å². The lowest BCUT2D eigenvalue weighted by molar-refractivity contribution is -0.111. The minimum atomic E-state index is -0.678. The summed E-state index contributed by atoms with van der Waals surface area (Å²) in [5, 5.41) is 2.79. The number of piperidine rings is 1. The summed E-state index contributed by atoms with van der Waals surface area (Å²) >= 11 is 0. The second-order valence-corrected chi connectivity index (χ2v) is 14.9. The number of ether oxygens (including phenoxy) is 6. The number of fused-ring (bicyclic) bond motifs is 2. The molecular weight excluding hydrogens is 732 g/mol. The van der Waals surface area contributed by atoms with E-state index in [2.05, 4.69) is 21.9 Å². The SMILES string of the molecule is C=CC(=O)Nc1cc(-c2nccc(-c3cc4c([nH]3)C3(CCCN(C(=O)OC(C)(C)C)C3)CN(Cc3c(OC)cc(OC)cc3OC)C4=O)n2)ccc1OCCOC. The van der Waals surface area contributed by atoms with Crippen LogP contribution in [0.5, 0.6) is 23.0 Å². The highest BCUT2D eigenvalue weighted by atomic mass is 16.6. The highest BCUT2D eigenvalue weighted by molar-refractivity contribution is 6.00. The van der Waals surface area contributed by atoms with Gasteiger partial charge < -0.3 is 48.5 Å². The second-order valence-electron chi connectivity index (χ2n) is 14.9. The Morgan fingerprint density at radius 2 is 1.74 bits per heavy atom. The second kappa shape index (κ2) is 17.0. The van der Waals surface area contributed by atoms with Crippen molar-refractivity contribution in [3.05, 3.63) is 78.1 Å². The van der Waals surface area contributed by atoms with Crippen molar-refractivity contribution in [2.24, 2.45) is 0 Å². The summed E-state index contributed by atoms with van der Waals surface area (Å²) < 4.78 is 33.7. The largest absolute Gasteiger partial charge is 0.496 e. The van der Waals surface area contributed by atoms with Crippen molar-refractivity contribution in [1.29, 1.82) is 0 Å². The Bertz CT molecular complexity index is 2120. The zero-order valence-corrected chi connectivity index (χ0v) is 33.5. The standard InChI is InChI=1S/C42H50N6O9/c1-9-36(49)44-32-19-26(11-12-33(32)56-18-17-52-5)38-43-15-13-30(46-38)31-22-28-37(45-31)42(14-10-16-47(24-42)40(51)57-41(2,3)4)25-48(39(28)50)23-29-34(54-7)20-27(53-6)21-35(29)55-8/h9,11-13,15,19-22,45H,1,10,14,16-18,23-25H2,2-8H3,(H,44,49). The molecule has 1 unspecified atom stereocenters. The van der Waals surface area contributed by atoms with Gasteiger partial charge >= 0.3 is 6.09 Å². The van der Waals surface area contributed by atoms with E-state index in [4.69, 9.17) is 33.4 Å². The number of anilines is 1. The van der Waals surface area contributed by atoms with Crippen LogP contribution in [-0.2, 0) is 26.2 Å². The molecule has 3 amide bonds. The third-order valence-electron chi connectivity index (χ3n) is 9.91. The number of likely N-dealkylation sites (tertiary alicyclic amines) is 1. The Morgan fingerprint density at radius 1 is 0.982 bits per heavy atom. The number of nitrogens with one attached hydrogen (secondary N) is 2. The van der Waals surface area contributed by atoms with Crippen LogP contribution in [0, 0.1) is 0 Å². The Morgan fingerprint density at radius 3 is 2.40 bits per heavy atom. The van der Waals surface area contributed by atoms with Gasteiger partial charge in [-0.05, 0) is 70.0 Å². The number of aromatic nitrogens is 3. The molecule has 0 saturated carbocycles. The van der Waals surface area contributed by atoms with E-state index in [1.807, 2.05) is 26.8 Å². The van der Waals surface area contributed by atoms with Gasteiger partial charge in [-0.15, -0.1) is 0 Å². The molecular formula is C42H50N6O9. The van der Waals surface area contributed by atoms with Gasteiger partial charge in [0.15, 0.2) is 5.82 Å². The first-order valence-corrected chi connectivity index (χ1v) is 18.6. The molecule has 1 fully saturated rings. The first-order chi connectivity index (χ1) is 27.3. The van der Waals surface area contributed by atoms with Gasteiger partial charge in [-0.2, -0.15) is 0 Å². The van der Waals surface area contributed by atoms with Crippen molar-refractivity contribution in [3.8, 4) is 45.8 Å². The molecule has 302 valence electrons. The summed E-state index contributed by atoms with van der Waals surface area (Å²) in [6.07, 6.45) is 3.80. The van der Waals surface area contributed by atoms with Crippen molar-refractivity contribution in [2.45, 2.75) is 51.2 Å². The molecule has 2 aromatic heterocycles. The van der Waals surface area contributed by atoms with Crippen LogP contribution in [-0.4, -0.2) is 110 Å². The molecule has 6 rings (SSSR count). The van der Waals surface area contributed by atoms with E-state index in [0.717, 1.165) is 5.69 Å². The van der Waals surface area contributed by atoms with Gasteiger partial charge in [0.05, 0.1) is 62.7 Å². The molecule has 0 bridgehead atoms. The normalized spacial score (nSPS) is 16.5. The van der Waals surface area contributed by atoms with Gasteiger partial charge in [0.25, 0.3) is 5.91 Å². The fourth-order valence-electron chi connectivity index (χ4n) is 7.32. The highest BCUT2D eigenvalue weighted by Crippen LogP contribution is 2.44. The first-order valence-electron chi connectivity index (χ1n) is 18.6. The van der Waals surface area contributed by atoms with E-state index in [-0.39, 0.29) is 19.1 Å². The number of aromatic amines is 1. The van der Waals surface area contributed by atoms with Gasteiger partial charge in [0.2, 0.25) is 5.91 Å². The Balaban J connectivity index is 1.41. The zero-order chi connectivity index (χ0) is 40.9. The van der Waals surface area contributed by atoms with Crippen LogP contribution < -0.4 is 24.3 Å². The molecule has 4 heterocycles. The van der Waals surface area contributed by atoms with Crippen LogP contribution in [0.15, 0.2) is 61.3 Å². The molecule has 15 heteroatoms. The lowest BCUT2D eigenvalue weighted by Gasteiger charge is -2.47. The summed E-state index contributed by atoms with van der Waals surface area (Å²) in [4.78, 5) is 56.9. The predicted octanol–water partition coefficient (Wildman–Crippen LogP) is 6.24. The number of amides is 3. The number of hydrogen-bond acceptors (Lipinski definition) is 11. The Labute approximate surface area is 332 Å². The molecule has 4 aromatic rings. The molecule has 1 atom stereocenters. The summed E-state index contributed by atoms with van der Waals surface area (Å²) in [6, 6.07) is 12.4. The zero-order valence-electron chi connectivity index (χ0n) is 33.5. The van der Waals surface area contributed by atoms with Crippen molar-refractivity contribution in [3.63, 3.8) is 0 Å². The van der Waals surface area contributed by atoms with Crippen molar-refractivity contribution < 1.29 is 42.8 Å². The molecule has 0 aliphatic carbocycles. The maximum absolute atomic E-state index is 14.6. The maximum Gasteiger partial charge on any atom is 0.410 e. The lowest BCUT2D eigenvalue weighted by Crippen LogP contribution is -2.58. The summed E-state index contributed by atoms with van der Waals surface area (Å²) in [6.45, 7) is 11.1. The molecule has 2 aliphatic heterocycles. The third kappa shape index (κ3) is 8.83. The fourth-order valence-corrected chi connectivity index (χ4v) is 7.32. The number of H-pyrrole nitrogens is 1. The minimum Gasteiger partial charge on any atom is -0.496 e. The van der Waals surface area contributed by atoms with E-state index in [0.29, 0.717) is 102 Å². The molecule has 1 saturated heterocycles. The number of carbonyl (C=O) groups is 3. The maximum atomic E-state index is 14.6. The summed E-state index contributed by atoms with van der Waals surface area (Å²) in [5.41, 5.74) is 2.72. The van der Waals surface area contributed by atoms with E-state index in [1.54, 1.807) is 80.8 Å². The van der Waals surface area contributed by atoms with Crippen LogP contribution in [0.3, 0.4) is 0 Å². The van der Waals surface area contributed by atoms with Gasteiger partial charge in [-0.3, -0.25) is 9.59 Å². The molecule has 57 heavy (non-hydrogen) atoms. The molecule has 2 N–H and O–H groups in total. The van der Waals surface area contributed by atoms with Gasteiger partial charge in [-0.1, -0.05) is 6.58 Å². The van der Waals surface area contributed by atoms with E-state index in [9.17, 15) is 14.4 Å². The first kappa shape index (κ1) is 40.6. The summed E-state index contributed by atoms with van der Waals surface area (Å²) in [7, 11) is 6.27. The van der Waals surface area contributed by atoms with Gasteiger partial charge in [-0.25, -0.2) is 14.8 Å². The number of nitrogens with zero attached hydrogens (tertiary/aromatic N) is 4. The van der Waals surface area contributed by atoms with Gasteiger partial charge in [0.1, 0.15) is 35.2 Å². The third-order valence-corrected chi connectivity index (χ3v) is 9.91. The van der Waals surface area contributed by atoms with E-state index >= 15 is 0 Å². The molecule has 15 nitrogen and oxygen atoms in total. The minimum absolute atomic E-state index is 0.177. The predicted molar refractivity (Wildman–Crippen MR) is 213 cm³/mol. The van der Waals surface area contributed by atoms with Crippen LogP contribution in [0.4, 0.5) is 10.5 Å². The van der Waals surface area contributed by atoms with Crippen molar-refractivity contribution in [1.82, 2.24) is 24.8 Å². The topological polar surface area (TPSA) is 167 Å². The quantitative estimate of drug-likeness (QED) is 0.116. The average Bonchev–Trinajstić information content (AvgIpc) is 3.67. The van der Waals surface area contributed by atoms with Crippen molar-refractivity contribution >= 4 is 23.6 Å². The number of methoxy groups -OCH3 is 4. The smallest absolute Gasteiger partial charge is 0.410 e. The van der Waals surface area contributed by atoms with Crippen molar-refractivity contribution in [2.75, 3.05) is 66.6 Å². The molecule has 2 aliphatic rings. The number of hydrogen-bond donors (Lipinski definition) is 2.